The molecule has 0 aromatic rings. The summed E-state index contributed by atoms with van der Waals surface area (Å²) in [6.07, 6.45) is 37.9. The number of phosphoric ester groups is 1. The molecule has 0 heterocycles. The van der Waals surface area contributed by atoms with E-state index in [1.54, 1.807) is 0 Å². The highest BCUT2D eigenvalue weighted by atomic mass is 31.2. The minimum absolute atomic E-state index is 0.206. The molecule has 0 rings (SSSR count). The molecule has 0 aromatic heterocycles. The van der Waals surface area contributed by atoms with E-state index in [9.17, 15) is 14.2 Å². The van der Waals surface area contributed by atoms with Gasteiger partial charge in [0.2, 0.25) is 0 Å². The Bertz CT molecular complexity index is 797. The van der Waals surface area contributed by atoms with E-state index in [1.807, 2.05) is 0 Å². The van der Waals surface area contributed by atoms with Gasteiger partial charge < -0.3 is 19.3 Å². The maximum Gasteiger partial charge on any atom is 0.469 e. The molecule has 0 spiro atoms. The number of hydrogen-bond acceptors (Lipinski definition) is 6. The third-order valence-electron chi connectivity index (χ3n) is 8.78. The highest BCUT2D eigenvalue weighted by molar-refractivity contribution is 7.46. The maximum atomic E-state index is 12.4. The Hall–Kier alpha value is -1.21. The molecule has 284 valence electrons. The van der Waals surface area contributed by atoms with Crippen molar-refractivity contribution in [1.29, 1.82) is 0 Å². The van der Waals surface area contributed by atoms with Crippen LogP contribution in [0.2, 0.25) is 0 Å². The van der Waals surface area contributed by atoms with Crippen LogP contribution < -0.4 is 0 Å². The van der Waals surface area contributed by atoms with Gasteiger partial charge in [0, 0.05) is 12.8 Å². The number of esters is 2. The Morgan fingerprint density at radius 1 is 0.521 bits per heavy atom. The first-order valence-corrected chi connectivity index (χ1v) is 21.5. The summed E-state index contributed by atoms with van der Waals surface area (Å²) >= 11 is 0. The van der Waals surface area contributed by atoms with Gasteiger partial charge in [-0.2, -0.15) is 0 Å². The van der Waals surface area contributed by atoms with Crippen LogP contribution in [0.25, 0.3) is 0 Å². The summed E-state index contributed by atoms with van der Waals surface area (Å²) in [5.41, 5.74) is 0. The number of ether oxygens (including phenoxy) is 2. The van der Waals surface area contributed by atoms with Crippen LogP contribution >= 0.6 is 7.82 Å². The fraction of sp³-hybridized carbons (Fsp3) is 0.897. The highest BCUT2D eigenvalue weighted by Gasteiger charge is 2.22. The Morgan fingerprint density at radius 2 is 0.875 bits per heavy atom. The van der Waals surface area contributed by atoms with Gasteiger partial charge in [0.1, 0.15) is 6.61 Å². The van der Waals surface area contributed by atoms with Crippen LogP contribution in [-0.4, -0.2) is 41.0 Å². The van der Waals surface area contributed by atoms with Gasteiger partial charge in [0.15, 0.2) is 6.10 Å². The van der Waals surface area contributed by atoms with Crippen molar-refractivity contribution < 1.29 is 37.9 Å². The van der Waals surface area contributed by atoms with Crippen LogP contribution in [0, 0.1) is 0 Å². The predicted molar refractivity (Wildman–Crippen MR) is 198 cm³/mol. The summed E-state index contributed by atoms with van der Waals surface area (Å²) in [4.78, 5) is 42.7. The first-order valence-electron chi connectivity index (χ1n) is 20.0. The third kappa shape index (κ3) is 37.6. The first-order chi connectivity index (χ1) is 23.3. The second kappa shape index (κ2) is 35.6. The van der Waals surface area contributed by atoms with E-state index >= 15 is 0 Å². The van der Waals surface area contributed by atoms with Gasteiger partial charge in [0.25, 0.3) is 0 Å². The quantitative estimate of drug-likeness (QED) is 0.0284. The first kappa shape index (κ1) is 46.8. The highest BCUT2D eigenvalue weighted by Crippen LogP contribution is 2.36. The molecule has 0 saturated carbocycles. The van der Waals surface area contributed by atoms with E-state index in [2.05, 4.69) is 30.5 Å². The number of rotatable bonds is 37. The fourth-order valence-corrected chi connectivity index (χ4v) is 6.14. The number of hydrogen-bond donors (Lipinski definition) is 2. The van der Waals surface area contributed by atoms with Crippen molar-refractivity contribution in [2.45, 2.75) is 213 Å². The molecule has 0 aliphatic carbocycles. The van der Waals surface area contributed by atoms with Crippen LogP contribution in [0.3, 0.4) is 0 Å². The van der Waals surface area contributed by atoms with E-state index in [1.165, 1.54) is 122 Å². The van der Waals surface area contributed by atoms with Gasteiger partial charge in [-0.05, 0) is 38.5 Å². The summed E-state index contributed by atoms with van der Waals surface area (Å²) in [5.74, 6) is -0.885. The average molecular weight is 703 g/mol. The maximum absolute atomic E-state index is 12.4. The Labute approximate surface area is 295 Å². The number of unbranched alkanes of at least 4 members (excludes halogenated alkanes) is 25. The lowest BCUT2D eigenvalue weighted by molar-refractivity contribution is -0.161. The van der Waals surface area contributed by atoms with Crippen LogP contribution in [0.15, 0.2) is 12.2 Å². The van der Waals surface area contributed by atoms with Gasteiger partial charge in [-0.3, -0.25) is 14.1 Å². The minimum Gasteiger partial charge on any atom is -0.462 e. The fourth-order valence-electron chi connectivity index (χ4n) is 5.78. The van der Waals surface area contributed by atoms with E-state index in [0.29, 0.717) is 6.42 Å². The van der Waals surface area contributed by atoms with E-state index < -0.39 is 32.5 Å². The van der Waals surface area contributed by atoms with Crippen molar-refractivity contribution in [3.05, 3.63) is 12.2 Å². The zero-order valence-electron chi connectivity index (χ0n) is 31.2. The van der Waals surface area contributed by atoms with Crippen molar-refractivity contribution >= 4 is 19.8 Å². The van der Waals surface area contributed by atoms with Crippen molar-refractivity contribution in [2.75, 3.05) is 13.2 Å². The molecule has 48 heavy (non-hydrogen) atoms. The zero-order valence-corrected chi connectivity index (χ0v) is 32.0. The molecule has 1 atom stereocenters. The molecular formula is C39H75O8P. The largest absolute Gasteiger partial charge is 0.469 e. The average Bonchev–Trinajstić information content (AvgIpc) is 3.05. The van der Waals surface area contributed by atoms with Gasteiger partial charge in [-0.25, -0.2) is 4.57 Å². The molecule has 2 N–H and O–H groups in total. The second-order valence-corrected chi connectivity index (χ2v) is 14.9. The Morgan fingerprint density at radius 3 is 1.27 bits per heavy atom. The Kier molecular flexibility index (Phi) is 34.7. The van der Waals surface area contributed by atoms with Crippen molar-refractivity contribution in [2.24, 2.45) is 0 Å². The molecule has 0 radical (unpaired) electrons. The lowest BCUT2D eigenvalue weighted by Gasteiger charge is -2.18. The number of phosphoric acid groups is 1. The topological polar surface area (TPSA) is 119 Å². The molecule has 0 aliphatic heterocycles. The summed E-state index contributed by atoms with van der Waals surface area (Å²) < 4.78 is 26.3. The van der Waals surface area contributed by atoms with E-state index in [0.717, 1.165) is 51.4 Å². The molecule has 0 aromatic carbocycles. The van der Waals surface area contributed by atoms with E-state index in [4.69, 9.17) is 19.3 Å². The molecule has 0 fully saturated rings. The molecule has 9 heteroatoms. The molecule has 1 unspecified atom stereocenters. The lowest BCUT2D eigenvalue weighted by Crippen LogP contribution is -2.29. The third-order valence-corrected chi connectivity index (χ3v) is 9.27. The summed E-state index contributed by atoms with van der Waals surface area (Å²) in [7, 11) is -4.75. The van der Waals surface area contributed by atoms with Crippen molar-refractivity contribution in [1.82, 2.24) is 0 Å². The number of carbonyl (C=O) groups excluding carboxylic acids is 2. The van der Waals surface area contributed by atoms with Gasteiger partial charge in [-0.15, -0.1) is 0 Å². The molecule has 0 bridgehead atoms. The predicted octanol–water partition coefficient (Wildman–Crippen LogP) is 11.8. The van der Waals surface area contributed by atoms with Crippen LogP contribution in [0.4, 0.5) is 0 Å². The van der Waals surface area contributed by atoms with Crippen LogP contribution in [0.5, 0.6) is 0 Å². The van der Waals surface area contributed by atoms with Crippen molar-refractivity contribution in [3.63, 3.8) is 0 Å². The lowest BCUT2D eigenvalue weighted by atomic mass is 10.0. The van der Waals surface area contributed by atoms with Gasteiger partial charge >= 0.3 is 19.8 Å². The molecule has 0 amide bonds. The standard InChI is InChI=1S/C39H75O8P/c1-3-5-7-9-11-13-15-17-19-20-22-23-25-27-29-31-33-38(40)45-35-37(36-46-48(42,43)44)47-39(41)34-32-30-28-26-24-21-18-16-14-12-10-8-6-4-2/h16,18,37H,3-15,17,19-36H2,1-2H3,(H2,42,43,44)/b18-16-. The minimum atomic E-state index is -4.75. The van der Waals surface area contributed by atoms with Gasteiger partial charge in [0.05, 0.1) is 6.61 Å². The second-order valence-electron chi connectivity index (χ2n) is 13.6. The molecule has 0 aliphatic rings. The monoisotopic (exact) mass is 703 g/mol. The van der Waals surface area contributed by atoms with Crippen molar-refractivity contribution in [3.8, 4) is 0 Å². The normalized spacial score (nSPS) is 12.5. The smallest absolute Gasteiger partial charge is 0.462 e. The molecular weight excluding hydrogens is 627 g/mol. The summed E-state index contributed by atoms with van der Waals surface area (Å²) in [6, 6.07) is 0. The Balaban J connectivity index is 3.91. The summed E-state index contributed by atoms with van der Waals surface area (Å²) in [5, 5.41) is 0. The molecule has 8 nitrogen and oxygen atoms in total. The van der Waals surface area contributed by atoms with E-state index in [-0.39, 0.29) is 19.4 Å². The summed E-state index contributed by atoms with van der Waals surface area (Å²) in [6.45, 7) is 3.68. The zero-order chi connectivity index (χ0) is 35.4. The van der Waals surface area contributed by atoms with Crippen LogP contribution in [-0.2, 0) is 28.2 Å². The molecule has 0 saturated heterocycles. The van der Waals surface area contributed by atoms with Crippen LogP contribution in [0.1, 0.15) is 206 Å². The van der Waals surface area contributed by atoms with Gasteiger partial charge in [-0.1, -0.05) is 167 Å². The number of allylic oxidation sites excluding steroid dienone is 2. The SMILES string of the molecule is CCCCCCC/C=C\CCCCCCCC(=O)OC(COC(=O)CCCCCCCCCCCCCCCCCC)COP(=O)(O)O. The number of carbonyl (C=O) groups is 2.